The van der Waals surface area contributed by atoms with Crippen molar-refractivity contribution in [3.05, 3.63) is 53.4 Å². The summed E-state index contributed by atoms with van der Waals surface area (Å²) in [6, 6.07) is 8.25. The first-order chi connectivity index (χ1) is 12.0. The maximum absolute atomic E-state index is 13.7. The quantitative estimate of drug-likeness (QED) is 0.867. The molecule has 0 spiro atoms. The zero-order chi connectivity index (χ0) is 18.0. The number of nitrogens with zero attached hydrogens (tertiary/aromatic N) is 1. The topological polar surface area (TPSA) is 66.8 Å². The van der Waals surface area contributed by atoms with E-state index in [1.165, 1.54) is 24.1 Å². The number of ether oxygens (including phenoxy) is 1. The van der Waals surface area contributed by atoms with Crippen molar-refractivity contribution >= 4 is 28.4 Å². The van der Waals surface area contributed by atoms with Crippen LogP contribution in [0.3, 0.4) is 0 Å². The van der Waals surface area contributed by atoms with Gasteiger partial charge in [0.05, 0.1) is 13.5 Å². The second kappa shape index (κ2) is 6.93. The van der Waals surface area contributed by atoms with Gasteiger partial charge in [-0.2, -0.15) is 0 Å². The van der Waals surface area contributed by atoms with Crippen molar-refractivity contribution in [3.63, 3.8) is 0 Å². The van der Waals surface area contributed by atoms with Crippen molar-refractivity contribution in [1.82, 2.24) is 4.90 Å². The Morgan fingerprint density at radius 3 is 2.72 bits per heavy atom. The summed E-state index contributed by atoms with van der Waals surface area (Å²) in [4.78, 5) is 24.0. The van der Waals surface area contributed by atoms with Crippen molar-refractivity contribution in [1.29, 1.82) is 0 Å². The van der Waals surface area contributed by atoms with Crippen molar-refractivity contribution in [2.24, 2.45) is 0 Å². The Morgan fingerprint density at radius 1 is 1.28 bits per heavy atom. The molecular weight excluding hydrogens is 325 g/mol. The first kappa shape index (κ1) is 17.0. The molecule has 0 bridgehead atoms. The van der Waals surface area contributed by atoms with Crippen LogP contribution in [0.15, 0.2) is 36.4 Å². The number of esters is 1. The average Bonchev–Trinajstić information content (AvgIpc) is 2.61. The highest BCUT2D eigenvalue weighted by molar-refractivity contribution is 5.95. The molecule has 1 N–H and O–H groups in total. The molecule has 1 heterocycles. The Kier molecular flexibility index (Phi) is 4.70. The van der Waals surface area contributed by atoms with Crippen molar-refractivity contribution in [2.75, 3.05) is 20.2 Å². The fraction of sp³-hybridized carbons (Fsp3) is 0.263. The second-order valence-electron chi connectivity index (χ2n) is 5.97. The first-order valence-electron chi connectivity index (χ1n) is 7.94. The summed E-state index contributed by atoms with van der Waals surface area (Å²) in [5.74, 6) is -0.680. The highest BCUT2D eigenvalue weighted by Crippen LogP contribution is 2.31. The summed E-state index contributed by atoms with van der Waals surface area (Å²) in [6.45, 7) is 0.682. The van der Waals surface area contributed by atoms with Crippen LogP contribution >= 0.6 is 0 Å². The minimum Gasteiger partial charge on any atom is -0.469 e. The third-order valence-corrected chi connectivity index (χ3v) is 4.38. The van der Waals surface area contributed by atoms with Crippen molar-refractivity contribution in [3.8, 4) is 0 Å². The Morgan fingerprint density at radius 2 is 2.08 bits per heavy atom. The van der Waals surface area contributed by atoms with E-state index in [0.717, 1.165) is 27.5 Å². The Balaban J connectivity index is 2.07. The molecule has 25 heavy (non-hydrogen) atoms. The van der Waals surface area contributed by atoms with Crippen LogP contribution in [0.4, 0.5) is 9.18 Å². The molecule has 1 aliphatic heterocycles. The molecule has 5 nitrogen and oxygen atoms in total. The van der Waals surface area contributed by atoms with Gasteiger partial charge in [0.1, 0.15) is 5.82 Å². The van der Waals surface area contributed by atoms with E-state index >= 15 is 0 Å². The van der Waals surface area contributed by atoms with Crippen LogP contribution in [0.5, 0.6) is 0 Å². The fourth-order valence-corrected chi connectivity index (χ4v) is 3.09. The lowest BCUT2D eigenvalue weighted by molar-refractivity contribution is -0.139. The molecule has 130 valence electrons. The van der Waals surface area contributed by atoms with E-state index in [4.69, 9.17) is 9.84 Å². The third kappa shape index (κ3) is 3.63. The number of benzene rings is 2. The van der Waals surface area contributed by atoms with Gasteiger partial charge in [-0.1, -0.05) is 24.3 Å². The lowest BCUT2D eigenvalue weighted by Crippen LogP contribution is -2.33. The molecule has 0 saturated carbocycles. The van der Waals surface area contributed by atoms with Gasteiger partial charge in [0.25, 0.3) is 0 Å². The first-order valence-corrected chi connectivity index (χ1v) is 7.94. The number of carbonyl (C=O) groups excluding carboxylic acids is 1. The summed E-state index contributed by atoms with van der Waals surface area (Å²) in [5, 5.41) is 10.7. The summed E-state index contributed by atoms with van der Waals surface area (Å²) in [7, 11) is 1.34. The zero-order valence-corrected chi connectivity index (χ0v) is 13.8. The van der Waals surface area contributed by atoms with Crippen molar-refractivity contribution in [2.45, 2.75) is 12.8 Å². The lowest BCUT2D eigenvalue weighted by atomic mass is 9.91. The van der Waals surface area contributed by atoms with E-state index in [1.54, 1.807) is 6.07 Å². The Bertz CT molecular complexity index is 875. The van der Waals surface area contributed by atoms with Crippen LogP contribution in [-0.2, 0) is 16.0 Å². The Hall–Kier alpha value is -2.89. The van der Waals surface area contributed by atoms with Gasteiger partial charge in [-0.15, -0.1) is 0 Å². The minimum absolute atomic E-state index is 0.130. The molecule has 3 rings (SSSR count). The fourth-order valence-electron chi connectivity index (χ4n) is 3.09. The van der Waals surface area contributed by atoms with Gasteiger partial charge in [0.2, 0.25) is 0 Å². The number of carbonyl (C=O) groups is 2. The van der Waals surface area contributed by atoms with Crippen LogP contribution < -0.4 is 0 Å². The Labute approximate surface area is 144 Å². The number of halogens is 1. The van der Waals surface area contributed by atoms with Gasteiger partial charge in [-0.25, -0.2) is 9.18 Å². The molecule has 0 aliphatic carbocycles. The van der Waals surface area contributed by atoms with Crippen LogP contribution in [-0.4, -0.2) is 42.3 Å². The van der Waals surface area contributed by atoms with Gasteiger partial charge in [0, 0.05) is 13.1 Å². The summed E-state index contributed by atoms with van der Waals surface area (Å²) in [5.41, 5.74) is 2.57. The highest BCUT2D eigenvalue weighted by Gasteiger charge is 2.19. The smallest absolute Gasteiger partial charge is 0.407 e. The molecule has 6 heteroatoms. The maximum atomic E-state index is 13.7. The standard InChI is InChI=1S/C19H18FNO4/c1-25-18(22)10-12-8-14-2-3-15(20)11-17(14)16(9-12)13-4-6-21(7-5-13)19(23)24/h2-4,8-9,11H,5-7,10H2,1H3,(H,23,24). The highest BCUT2D eigenvalue weighted by atomic mass is 19.1. The summed E-state index contributed by atoms with van der Waals surface area (Å²) < 4.78 is 18.5. The van der Waals surface area contributed by atoms with E-state index in [0.29, 0.717) is 19.5 Å². The molecule has 0 unspecified atom stereocenters. The molecule has 1 amide bonds. The van der Waals surface area contributed by atoms with Gasteiger partial charge in [-0.3, -0.25) is 4.79 Å². The van der Waals surface area contributed by atoms with E-state index in [-0.39, 0.29) is 18.2 Å². The number of rotatable bonds is 3. The summed E-state index contributed by atoms with van der Waals surface area (Å²) >= 11 is 0. The molecule has 0 fully saturated rings. The zero-order valence-electron chi connectivity index (χ0n) is 13.8. The normalized spacial score (nSPS) is 14.3. The number of carboxylic acid groups (broad SMARTS) is 1. The predicted molar refractivity (Wildman–Crippen MR) is 91.8 cm³/mol. The SMILES string of the molecule is COC(=O)Cc1cc(C2=CCN(C(=O)O)CC2)c2cc(F)ccc2c1. The molecule has 1 aliphatic rings. The van der Waals surface area contributed by atoms with E-state index in [9.17, 15) is 14.0 Å². The molecule has 0 radical (unpaired) electrons. The van der Waals surface area contributed by atoms with Gasteiger partial charge in [-0.05, 0) is 46.0 Å². The molecule has 0 aromatic heterocycles. The molecule has 0 atom stereocenters. The minimum atomic E-state index is -0.953. The monoisotopic (exact) mass is 343 g/mol. The van der Waals surface area contributed by atoms with Crippen LogP contribution in [0.1, 0.15) is 17.5 Å². The number of fused-ring (bicyclic) bond motifs is 1. The van der Waals surface area contributed by atoms with Gasteiger partial charge >= 0.3 is 12.1 Å². The van der Waals surface area contributed by atoms with E-state index in [1.807, 2.05) is 18.2 Å². The van der Waals surface area contributed by atoms with Crippen LogP contribution in [0, 0.1) is 5.82 Å². The molecule has 2 aromatic rings. The molecule has 0 saturated heterocycles. The predicted octanol–water partition coefficient (Wildman–Crippen LogP) is 3.46. The number of hydrogen-bond donors (Lipinski definition) is 1. The summed E-state index contributed by atoms with van der Waals surface area (Å²) in [6.07, 6.45) is 1.56. The van der Waals surface area contributed by atoms with Crippen molar-refractivity contribution < 1.29 is 23.8 Å². The average molecular weight is 343 g/mol. The van der Waals surface area contributed by atoms with Gasteiger partial charge in [0.15, 0.2) is 0 Å². The maximum Gasteiger partial charge on any atom is 0.407 e. The third-order valence-electron chi connectivity index (χ3n) is 4.38. The van der Waals surface area contributed by atoms with E-state index < -0.39 is 6.09 Å². The number of hydrogen-bond acceptors (Lipinski definition) is 3. The second-order valence-corrected chi connectivity index (χ2v) is 5.97. The molecular formula is C19H18FNO4. The van der Waals surface area contributed by atoms with Crippen LogP contribution in [0.25, 0.3) is 16.3 Å². The lowest BCUT2D eigenvalue weighted by Gasteiger charge is -2.24. The van der Waals surface area contributed by atoms with E-state index in [2.05, 4.69) is 0 Å². The largest absolute Gasteiger partial charge is 0.469 e. The van der Waals surface area contributed by atoms with Gasteiger partial charge < -0.3 is 14.7 Å². The number of amides is 1. The molecule has 2 aromatic carbocycles. The van der Waals surface area contributed by atoms with Crippen LogP contribution in [0.2, 0.25) is 0 Å². The number of methoxy groups -OCH3 is 1.